The van der Waals surface area contributed by atoms with Gasteiger partial charge in [0.1, 0.15) is 5.82 Å². The van der Waals surface area contributed by atoms with Crippen LogP contribution in [0.5, 0.6) is 0 Å². The highest BCUT2D eigenvalue weighted by Crippen LogP contribution is 2.52. The maximum atomic E-state index is 14.3. The number of rotatable bonds is 5. The molecule has 5 heteroatoms. The van der Waals surface area contributed by atoms with E-state index < -0.39 is 0 Å². The predicted octanol–water partition coefficient (Wildman–Crippen LogP) is 11.4. The molecule has 0 N–H and O–H groups in total. The molecule has 1 aliphatic carbocycles. The number of hydrogen-bond donors (Lipinski definition) is 0. The molecule has 3 heterocycles. The number of aromatic nitrogens is 3. The highest BCUT2D eigenvalue weighted by Gasteiger charge is 2.40. The van der Waals surface area contributed by atoms with Crippen molar-refractivity contribution in [1.29, 1.82) is 0 Å². The van der Waals surface area contributed by atoms with E-state index in [1.807, 2.05) is 42.5 Å². The minimum Gasteiger partial charge on any atom is -0.332 e. The van der Waals surface area contributed by atoms with Crippen LogP contribution in [-0.2, 0) is 0 Å². The standard InChI is InChI=1S/C46H31FN4/c47-33-15-11-14-32(28-33)41-29-40(48-46(49-41)31-12-3-1-4-13-31)30-22-24-35(25-23-30)51-43-21-10-8-19-37(43)39-27-26-38-36-18-7-9-20-42(36)50(44(38)45(39)51)34-16-5-2-6-17-34/h1-29,37,43H. The van der Waals surface area contributed by atoms with Crippen LogP contribution < -0.4 is 4.90 Å². The second kappa shape index (κ2) is 11.8. The molecule has 0 fully saturated rings. The summed E-state index contributed by atoms with van der Waals surface area (Å²) in [5, 5.41) is 2.48. The van der Waals surface area contributed by atoms with E-state index in [0.29, 0.717) is 17.1 Å². The molecule has 8 aromatic rings. The maximum absolute atomic E-state index is 14.3. The van der Waals surface area contributed by atoms with Crippen LogP contribution in [0.25, 0.3) is 61.4 Å². The second-order valence-corrected chi connectivity index (χ2v) is 13.1. The largest absolute Gasteiger partial charge is 0.332 e. The van der Waals surface area contributed by atoms with Gasteiger partial charge in [-0.05, 0) is 54.1 Å². The molecule has 10 rings (SSSR count). The highest BCUT2D eigenvalue weighted by molar-refractivity contribution is 6.15. The van der Waals surface area contributed by atoms with Crippen LogP contribution in [0.15, 0.2) is 176 Å². The molecule has 2 aromatic heterocycles. The number of benzene rings is 6. The maximum Gasteiger partial charge on any atom is 0.160 e. The molecule has 0 spiro atoms. The lowest BCUT2D eigenvalue weighted by Gasteiger charge is -2.29. The molecule has 2 aliphatic rings. The van der Waals surface area contributed by atoms with Crippen molar-refractivity contribution in [2.45, 2.75) is 12.0 Å². The van der Waals surface area contributed by atoms with Crippen LogP contribution in [0.4, 0.5) is 15.8 Å². The van der Waals surface area contributed by atoms with Gasteiger partial charge in [-0.2, -0.15) is 0 Å². The fourth-order valence-electron chi connectivity index (χ4n) is 7.90. The van der Waals surface area contributed by atoms with E-state index in [-0.39, 0.29) is 17.8 Å². The molecule has 51 heavy (non-hydrogen) atoms. The third-order valence-electron chi connectivity index (χ3n) is 10.2. The molecular formula is C46H31FN4. The molecule has 0 saturated carbocycles. The highest BCUT2D eigenvalue weighted by atomic mass is 19.1. The van der Waals surface area contributed by atoms with Crippen molar-refractivity contribution in [2.75, 3.05) is 4.90 Å². The topological polar surface area (TPSA) is 34.0 Å². The number of fused-ring (bicyclic) bond motifs is 7. The summed E-state index contributed by atoms with van der Waals surface area (Å²) < 4.78 is 16.8. The smallest absolute Gasteiger partial charge is 0.160 e. The SMILES string of the molecule is Fc1cccc(-c2cc(-c3ccc(N4c5c(ccc6c7ccccc7n(-c7ccccc7)c56)C5C=CC=CC54)cc3)nc(-c3ccccc3)n2)c1. The van der Waals surface area contributed by atoms with E-state index >= 15 is 0 Å². The average Bonchev–Trinajstić information content (AvgIpc) is 3.72. The molecule has 0 bridgehead atoms. The Morgan fingerprint density at radius 3 is 2.04 bits per heavy atom. The van der Waals surface area contributed by atoms with Crippen molar-refractivity contribution in [3.05, 3.63) is 187 Å². The van der Waals surface area contributed by atoms with Crippen molar-refractivity contribution in [2.24, 2.45) is 0 Å². The summed E-state index contributed by atoms with van der Waals surface area (Å²) >= 11 is 0. The second-order valence-electron chi connectivity index (χ2n) is 13.1. The summed E-state index contributed by atoms with van der Waals surface area (Å²) in [6.45, 7) is 0. The minimum absolute atomic E-state index is 0.131. The Kier molecular flexibility index (Phi) is 6.78. The monoisotopic (exact) mass is 658 g/mol. The predicted molar refractivity (Wildman–Crippen MR) is 206 cm³/mol. The van der Waals surface area contributed by atoms with Gasteiger partial charge in [-0.15, -0.1) is 0 Å². The van der Waals surface area contributed by atoms with Gasteiger partial charge in [0.15, 0.2) is 5.82 Å². The van der Waals surface area contributed by atoms with Gasteiger partial charge in [-0.3, -0.25) is 0 Å². The van der Waals surface area contributed by atoms with Gasteiger partial charge in [-0.1, -0.05) is 127 Å². The summed E-state index contributed by atoms with van der Waals surface area (Å²) in [5.74, 6) is 0.526. The third kappa shape index (κ3) is 4.81. The van der Waals surface area contributed by atoms with Crippen LogP contribution in [0.1, 0.15) is 11.5 Å². The molecule has 0 radical (unpaired) electrons. The number of halogens is 1. The summed E-state index contributed by atoms with van der Waals surface area (Å²) in [7, 11) is 0. The summed E-state index contributed by atoms with van der Waals surface area (Å²) in [5.41, 5.74) is 11.2. The Labute approximate surface area is 295 Å². The Morgan fingerprint density at radius 2 is 1.24 bits per heavy atom. The Morgan fingerprint density at radius 1 is 0.529 bits per heavy atom. The van der Waals surface area contributed by atoms with Crippen molar-refractivity contribution >= 4 is 33.2 Å². The zero-order chi connectivity index (χ0) is 33.9. The summed E-state index contributed by atoms with van der Waals surface area (Å²) in [6.07, 6.45) is 8.99. The molecule has 2 atom stereocenters. The Balaban J connectivity index is 1.15. The van der Waals surface area contributed by atoms with Crippen LogP contribution in [0, 0.1) is 5.82 Å². The van der Waals surface area contributed by atoms with Gasteiger partial charge in [0, 0.05) is 44.8 Å². The summed E-state index contributed by atoms with van der Waals surface area (Å²) in [6, 6.07) is 51.3. The van der Waals surface area contributed by atoms with Gasteiger partial charge in [0.05, 0.1) is 34.2 Å². The van der Waals surface area contributed by atoms with E-state index in [9.17, 15) is 4.39 Å². The molecule has 2 unspecified atom stereocenters. The van der Waals surface area contributed by atoms with E-state index in [4.69, 9.17) is 9.97 Å². The van der Waals surface area contributed by atoms with Gasteiger partial charge < -0.3 is 9.47 Å². The van der Waals surface area contributed by atoms with Gasteiger partial charge >= 0.3 is 0 Å². The number of allylic oxidation sites excluding steroid dienone is 2. The molecule has 6 aromatic carbocycles. The van der Waals surface area contributed by atoms with Crippen molar-refractivity contribution in [1.82, 2.24) is 14.5 Å². The fourth-order valence-corrected chi connectivity index (χ4v) is 7.90. The van der Waals surface area contributed by atoms with Gasteiger partial charge in [0.2, 0.25) is 0 Å². The van der Waals surface area contributed by atoms with E-state index in [2.05, 4.69) is 125 Å². The number of anilines is 2. The van der Waals surface area contributed by atoms with Crippen LogP contribution in [-0.4, -0.2) is 20.6 Å². The number of hydrogen-bond acceptors (Lipinski definition) is 3. The first-order valence-corrected chi connectivity index (χ1v) is 17.3. The zero-order valence-electron chi connectivity index (χ0n) is 27.6. The molecule has 0 saturated heterocycles. The average molecular weight is 659 g/mol. The van der Waals surface area contributed by atoms with Crippen molar-refractivity contribution in [3.8, 4) is 39.6 Å². The van der Waals surface area contributed by atoms with Gasteiger partial charge in [-0.25, -0.2) is 14.4 Å². The lowest BCUT2D eigenvalue weighted by Crippen LogP contribution is -2.28. The lowest BCUT2D eigenvalue weighted by atomic mass is 9.91. The molecule has 0 amide bonds. The van der Waals surface area contributed by atoms with E-state index in [1.165, 1.54) is 45.2 Å². The first-order valence-electron chi connectivity index (χ1n) is 17.3. The quantitative estimate of drug-likeness (QED) is 0.185. The summed E-state index contributed by atoms with van der Waals surface area (Å²) in [4.78, 5) is 12.4. The Hall–Kier alpha value is -6.59. The minimum atomic E-state index is -0.297. The van der Waals surface area contributed by atoms with E-state index in [1.54, 1.807) is 6.07 Å². The molecular weight excluding hydrogens is 628 g/mol. The van der Waals surface area contributed by atoms with Crippen LogP contribution in [0.3, 0.4) is 0 Å². The fraction of sp³-hybridized carbons (Fsp3) is 0.0435. The number of para-hydroxylation sites is 2. The molecule has 4 nitrogen and oxygen atoms in total. The molecule has 1 aliphatic heterocycles. The zero-order valence-corrected chi connectivity index (χ0v) is 27.6. The van der Waals surface area contributed by atoms with Crippen molar-refractivity contribution < 1.29 is 4.39 Å². The van der Waals surface area contributed by atoms with E-state index in [0.717, 1.165) is 28.2 Å². The third-order valence-corrected chi connectivity index (χ3v) is 10.2. The normalized spacial score (nSPS) is 16.1. The first kappa shape index (κ1) is 29.3. The van der Waals surface area contributed by atoms with Gasteiger partial charge in [0.25, 0.3) is 0 Å². The van der Waals surface area contributed by atoms with Crippen LogP contribution >= 0.6 is 0 Å². The number of nitrogens with zero attached hydrogens (tertiary/aromatic N) is 4. The molecule has 242 valence electrons. The van der Waals surface area contributed by atoms with Crippen LogP contribution in [0.2, 0.25) is 0 Å². The lowest BCUT2D eigenvalue weighted by molar-refractivity contribution is 0.628. The first-order chi connectivity index (χ1) is 25.2. The van der Waals surface area contributed by atoms with Crippen molar-refractivity contribution in [3.63, 3.8) is 0 Å². The Bertz CT molecular complexity index is 2660.